The summed E-state index contributed by atoms with van der Waals surface area (Å²) in [6, 6.07) is 4.08. The minimum atomic E-state index is 0.242. The first-order valence-electron chi connectivity index (χ1n) is 7.07. The highest BCUT2D eigenvalue weighted by molar-refractivity contribution is 5.51. The van der Waals surface area contributed by atoms with Crippen LogP contribution in [0.2, 0.25) is 0 Å². The largest absolute Gasteiger partial charge is 0.507 e. The summed E-state index contributed by atoms with van der Waals surface area (Å²) in [5, 5.41) is 13.5. The van der Waals surface area contributed by atoms with Gasteiger partial charge in [0.25, 0.3) is 0 Å². The van der Waals surface area contributed by atoms with Crippen molar-refractivity contribution in [2.75, 3.05) is 6.79 Å². The van der Waals surface area contributed by atoms with Crippen LogP contribution in [0.4, 0.5) is 0 Å². The number of hydrogen-bond acceptors (Lipinski definition) is 4. The zero-order valence-electron chi connectivity index (χ0n) is 11.3. The predicted octanol–water partition coefficient (Wildman–Crippen LogP) is 2.79. The van der Waals surface area contributed by atoms with Gasteiger partial charge in [-0.15, -0.1) is 0 Å². The van der Waals surface area contributed by atoms with Crippen LogP contribution in [0, 0.1) is 5.92 Å². The molecule has 0 aromatic heterocycles. The van der Waals surface area contributed by atoms with Gasteiger partial charge in [-0.3, -0.25) is 0 Å². The zero-order chi connectivity index (χ0) is 13.2. The van der Waals surface area contributed by atoms with E-state index in [0.717, 1.165) is 17.2 Å². The molecule has 1 aliphatic carbocycles. The summed E-state index contributed by atoms with van der Waals surface area (Å²) in [5.41, 5.74) is 0.878. The van der Waals surface area contributed by atoms with E-state index in [1.54, 1.807) is 6.07 Å². The molecule has 0 amide bonds. The Balaban J connectivity index is 1.61. The monoisotopic (exact) mass is 263 g/mol. The van der Waals surface area contributed by atoms with Gasteiger partial charge in [-0.05, 0) is 37.7 Å². The van der Waals surface area contributed by atoms with E-state index < -0.39 is 0 Å². The van der Waals surface area contributed by atoms with Gasteiger partial charge in [0, 0.05) is 24.2 Å². The lowest BCUT2D eigenvalue weighted by atomic mass is 9.87. The number of hydrogen-bond donors (Lipinski definition) is 2. The fourth-order valence-electron chi connectivity index (χ4n) is 2.83. The number of benzene rings is 1. The van der Waals surface area contributed by atoms with Crippen molar-refractivity contribution in [3.63, 3.8) is 0 Å². The fourth-order valence-corrected chi connectivity index (χ4v) is 2.83. The number of ether oxygens (including phenoxy) is 2. The van der Waals surface area contributed by atoms with Gasteiger partial charge in [0.05, 0.1) is 0 Å². The minimum Gasteiger partial charge on any atom is -0.507 e. The van der Waals surface area contributed by atoms with Gasteiger partial charge < -0.3 is 19.9 Å². The van der Waals surface area contributed by atoms with E-state index in [1.807, 2.05) is 6.07 Å². The molecule has 4 heteroatoms. The van der Waals surface area contributed by atoms with Crippen LogP contribution in [0.3, 0.4) is 0 Å². The van der Waals surface area contributed by atoms with Crippen LogP contribution >= 0.6 is 0 Å². The smallest absolute Gasteiger partial charge is 0.231 e. The van der Waals surface area contributed by atoms with Crippen molar-refractivity contribution >= 4 is 0 Å². The number of aromatic hydroxyl groups is 1. The van der Waals surface area contributed by atoms with Crippen LogP contribution in [-0.4, -0.2) is 17.9 Å². The molecule has 0 saturated heterocycles. The third kappa shape index (κ3) is 2.78. The van der Waals surface area contributed by atoms with Gasteiger partial charge in [-0.2, -0.15) is 0 Å². The van der Waals surface area contributed by atoms with E-state index in [2.05, 4.69) is 12.2 Å². The molecule has 0 atom stereocenters. The summed E-state index contributed by atoms with van der Waals surface area (Å²) in [6.07, 6.45) is 5.05. The molecule has 104 valence electrons. The van der Waals surface area contributed by atoms with Crippen LogP contribution < -0.4 is 14.8 Å². The normalized spacial score (nSPS) is 25.5. The Labute approximate surface area is 113 Å². The highest BCUT2D eigenvalue weighted by atomic mass is 16.7. The molecule has 3 rings (SSSR count). The molecular formula is C15H21NO3. The average Bonchev–Trinajstić information content (AvgIpc) is 2.85. The van der Waals surface area contributed by atoms with Crippen molar-refractivity contribution in [3.05, 3.63) is 17.7 Å². The van der Waals surface area contributed by atoms with Crippen LogP contribution in [0.15, 0.2) is 12.1 Å². The number of phenols is 1. The summed E-state index contributed by atoms with van der Waals surface area (Å²) in [6.45, 7) is 3.24. The Morgan fingerprint density at radius 1 is 1.16 bits per heavy atom. The second-order valence-electron chi connectivity index (χ2n) is 5.67. The molecule has 2 N–H and O–H groups in total. The summed E-state index contributed by atoms with van der Waals surface area (Å²) in [7, 11) is 0. The summed E-state index contributed by atoms with van der Waals surface area (Å²) in [5.74, 6) is 2.50. The van der Waals surface area contributed by atoms with E-state index >= 15 is 0 Å². The predicted molar refractivity (Wildman–Crippen MR) is 72.5 cm³/mol. The molecule has 1 aliphatic heterocycles. The van der Waals surface area contributed by atoms with Crippen molar-refractivity contribution in [1.29, 1.82) is 0 Å². The first-order chi connectivity index (χ1) is 9.22. The molecule has 2 aliphatic rings. The number of phenolic OH excluding ortho intramolecular Hbond substituents is 1. The van der Waals surface area contributed by atoms with E-state index in [1.165, 1.54) is 25.7 Å². The average molecular weight is 263 g/mol. The maximum atomic E-state index is 9.97. The SMILES string of the molecule is CC1CCC(NCc2cc3c(cc2O)OCO3)CC1. The molecule has 0 bridgehead atoms. The third-order valence-corrected chi connectivity index (χ3v) is 4.17. The summed E-state index contributed by atoms with van der Waals surface area (Å²) < 4.78 is 10.6. The van der Waals surface area contributed by atoms with Gasteiger partial charge >= 0.3 is 0 Å². The highest BCUT2D eigenvalue weighted by Gasteiger charge is 2.20. The lowest BCUT2D eigenvalue weighted by Gasteiger charge is -2.27. The van der Waals surface area contributed by atoms with Crippen molar-refractivity contribution in [2.45, 2.75) is 45.2 Å². The van der Waals surface area contributed by atoms with Gasteiger partial charge in [-0.25, -0.2) is 0 Å². The second-order valence-corrected chi connectivity index (χ2v) is 5.67. The quantitative estimate of drug-likeness (QED) is 0.880. The molecule has 0 spiro atoms. The third-order valence-electron chi connectivity index (χ3n) is 4.17. The number of nitrogens with one attached hydrogen (secondary N) is 1. The van der Waals surface area contributed by atoms with E-state index in [9.17, 15) is 5.11 Å². The Morgan fingerprint density at radius 2 is 1.84 bits per heavy atom. The van der Waals surface area contributed by atoms with Crippen LogP contribution in [0.1, 0.15) is 38.2 Å². The van der Waals surface area contributed by atoms with Gasteiger partial charge in [0.2, 0.25) is 6.79 Å². The number of fused-ring (bicyclic) bond motifs is 1. The van der Waals surface area contributed by atoms with E-state index in [0.29, 0.717) is 18.3 Å². The Morgan fingerprint density at radius 3 is 2.58 bits per heavy atom. The minimum absolute atomic E-state index is 0.242. The highest BCUT2D eigenvalue weighted by Crippen LogP contribution is 2.37. The van der Waals surface area contributed by atoms with Crippen molar-refractivity contribution < 1.29 is 14.6 Å². The first kappa shape index (κ1) is 12.6. The maximum Gasteiger partial charge on any atom is 0.231 e. The van der Waals surface area contributed by atoms with E-state index in [4.69, 9.17) is 9.47 Å². The first-order valence-corrected chi connectivity index (χ1v) is 7.07. The Kier molecular flexibility index (Phi) is 3.51. The van der Waals surface area contributed by atoms with Crippen molar-refractivity contribution in [3.8, 4) is 17.2 Å². The molecule has 19 heavy (non-hydrogen) atoms. The van der Waals surface area contributed by atoms with Gasteiger partial charge in [0.15, 0.2) is 11.5 Å². The molecule has 1 saturated carbocycles. The fraction of sp³-hybridized carbons (Fsp3) is 0.600. The molecule has 4 nitrogen and oxygen atoms in total. The van der Waals surface area contributed by atoms with Gasteiger partial charge in [0.1, 0.15) is 5.75 Å². The molecule has 0 radical (unpaired) electrons. The Hall–Kier alpha value is -1.42. The maximum absolute atomic E-state index is 9.97. The topological polar surface area (TPSA) is 50.7 Å². The number of rotatable bonds is 3. The summed E-state index contributed by atoms with van der Waals surface area (Å²) in [4.78, 5) is 0. The molecular weight excluding hydrogens is 242 g/mol. The lowest BCUT2D eigenvalue weighted by molar-refractivity contribution is 0.174. The van der Waals surface area contributed by atoms with Crippen LogP contribution in [-0.2, 0) is 6.54 Å². The molecule has 1 fully saturated rings. The zero-order valence-corrected chi connectivity index (χ0v) is 11.3. The van der Waals surface area contributed by atoms with Crippen LogP contribution in [0.5, 0.6) is 17.2 Å². The molecule has 1 aromatic rings. The Bertz CT molecular complexity index is 453. The molecule has 1 heterocycles. The van der Waals surface area contributed by atoms with Crippen LogP contribution in [0.25, 0.3) is 0 Å². The van der Waals surface area contributed by atoms with Crippen molar-refractivity contribution in [2.24, 2.45) is 5.92 Å². The molecule has 0 unspecified atom stereocenters. The lowest BCUT2D eigenvalue weighted by Crippen LogP contribution is -2.32. The standard InChI is InChI=1S/C15H21NO3/c1-10-2-4-12(5-3-10)16-8-11-6-14-15(7-13(11)17)19-9-18-14/h6-7,10,12,16-17H,2-5,8-9H2,1H3. The second kappa shape index (κ2) is 5.29. The van der Waals surface area contributed by atoms with Crippen molar-refractivity contribution in [1.82, 2.24) is 5.32 Å². The van der Waals surface area contributed by atoms with Gasteiger partial charge in [-0.1, -0.05) is 6.92 Å². The van der Waals surface area contributed by atoms with E-state index in [-0.39, 0.29) is 12.5 Å². The summed E-state index contributed by atoms with van der Waals surface area (Å²) >= 11 is 0. The molecule has 1 aromatic carbocycles.